The van der Waals surface area contributed by atoms with Gasteiger partial charge < -0.3 is 15.3 Å². The van der Waals surface area contributed by atoms with E-state index in [-0.39, 0.29) is 6.10 Å². The van der Waals surface area contributed by atoms with Gasteiger partial charge in [-0.15, -0.1) is 0 Å². The number of nitrogens with one attached hydrogen (secondary N) is 1. The molecule has 2 N–H and O–H groups in total. The van der Waals surface area contributed by atoms with Gasteiger partial charge in [-0.1, -0.05) is 6.92 Å². The van der Waals surface area contributed by atoms with Crippen LogP contribution in [0.5, 0.6) is 0 Å². The Morgan fingerprint density at radius 2 is 2.20 bits per heavy atom. The van der Waals surface area contributed by atoms with Crippen molar-refractivity contribution in [1.82, 2.24) is 10.2 Å². The van der Waals surface area contributed by atoms with Crippen molar-refractivity contribution in [3.63, 3.8) is 0 Å². The number of likely N-dealkylation sites (tertiary alicyclic amines) is 1. The molecule has 4 unspecified atom stereocenters. The van der Waals surface area contributed by atoms with E-state index in [1.807, 2.05) is 7.05 Å². The van der Waals surface area contributed by atoms with Crippen LogP contribution in [-0.2, 0) is 0 Å². The van der Waals surface area contributed by atoms with E-state index >= 15 is 0 Å². The molecule has 0 bridgehead atoms. The fourth-order valence-corrected chi connectivity index (χ4v) is 3.33. The van der Waals surface area contributed by atoms with E-state index in [1.165, 1.54) is 19.5 Å². The average Bonchev–Trinajstić information content (AvgIpc) is 2.69. The summed E-state index contributed by atoms with van der Waals surface area (Å²) in [6.45, 7) is 6.91. The van der Waals surface area contributed by atoms with Gasteiger partial charge in [0.2, 0.25) is 0 Å². The second-order valence-electron chi connectivity index (χ2n) is 5.45. The Morgan fingerprint density at radius 3 is 2.87 bits per heavy atom. The Morgan fingerprint density at radius 1 is 1.40 bits per heavy atom. The highest BCUT2D eigenvalue weighted by Gasteiger charge is 2.41. The maximum atomic E-state index is 9.82. The predicted octanol–water partition coefficient (Wildman–Crippen LogP) is 0.545. The standard InChI is InChI=1S/C12H24N2O/c1-9(5-13-2)6-14-7-10-3-4-12(15)11(10)8-14/h9-13,15H,3-8H2,1-2H3. The van der Waals surface area contributed by atoms with Crippen molar-refractivity contribution in [2.24, 2.45) is 17.8 Å². The first-order chi connectivity index (χ1) is 7.20. The van der Waals surface area contributed by atoms with Crippen molar-refractivity contribution in [2.45, 2.75) is 25.9 Å². The first-order valence-electron chi connectivity index (χ1n) is 6.25. The van der Waals surface area contributed by atoms with Gasteiger partial charge in [-0.05, 0) is 38.3 Å². The summed E-state index contributed by atoms with van der Waals surface area (Å²) in [6, 6.07) is 0. The number of aliphatic hydroxyl groups excluding tert-OH is 1. The molecule has 0 aromatic heterocycles. The zero-order valence-corrected chi connectivity index (χ0v) is 9.95. The number of hydrogen-bond donors (Lipinski definition) is 2. The van der Waals surface area contributed by atoms with Crippen molar-refractivity contribution in [3.8, 4) is 0 Å². The molecule has 1 heterocycles. The van der Waals surface area contributed by atoms with Crippen LogP contribution in [0.2, 0.25) is 0 Å². The Kier molecular flexibility index (Phi) is 3.65. The van der Waals surface area contributed by atoms with E-state index in [9.17, 15) is 5.11 Å². The van der Waals surface area contributed by atoms with Gasteiger partial charge >= 0.3 is 0 Å². The Labute approximate surface area is 92.8 Å². The predicted molar refractivity (Wildman–Crippen MR) is 61.8 cm³/mol. The largest absolute Gasteiger partial charge is 0.393 e. The van der Waals surface area contributed by atoms with Gasteiger partial charge in [-0.25, -0.2) is 0 Å². The van der Waals surface area contributed by atoms with Gasteiger partial charge in [0, 0.05) is 25.6 Å². The summed E-state index contributed by atoms with van der Waals surface area (Å²) < 4.78 is 0. The van der Waals surface area contributed by atoms with Crippen molar-refractivity contribution in [3.05, 3.63) is 0 Å². The number of rotatable bonds is 4. The summed E-state index contributed by atoms with van der Waals surface area (Å²) in [7, 11) is 2.01. The summed E-state index contributed by atoms with van der Waals surface area (Å²) >= 11 is 0. The molecule has 0 amide bonds. The topological polar surface area (TPSA) is 35.5 Å². The smallest absolute Gasteiger partial charge is 0.0583 e. The summed E-state index contributed by atoms with van der Waals surface area (Å²) in [4.78, 5) is 2.54. The van der Waals surface area contributed by atoms with Gasteiger partial charge in [-0.2, -0.15) is 0 Å². The van der Waals surface area contributed by atoms with E-state index in [1.54, 1.807) is 0 Å². The van der Waals surface area contributed by atoms with Crippen molar-refractivity contribution in [1.29, 1.82) is 0 Å². The number of fused-ring (bicyclic) bond motifs is 1. The van der Waals surface area contributed by atoms with Crippen LogP contribution in [0.15, 0.2) is 0 Å². The normalized spacial score (nSPS) is 38.2. The minimum Gasteiger partial charge on any atom is -0.393 e. The van der Waals surface area contributed by atoms with Crippen molar-refractivity contribution < 1.29 is 5.11 Å². The molecule has 1 saturated heterocycles. The molecule has 88 valence electrons. The summed E-state index contributed by atoms with van der Waals surface area (Å²) in [5.74, 6) is 2.07. The molecule has 3 nitrogen and oxygen atoms in total. The molecule has 2 fully saturated rings. The quantitative estimate of drug-likeness (QED) is 0.714. The molecule has 1 aliphatic heterocycles. The summed E-state index contributed by atoms with van der Waals surface area (Å²) in [6.07, 6.45) is 2.26. The molecule has 4 atom stereocenters. The second kappa shape index (κ2) is 4.81. The molecule has 0 radical (unpaired) electrons. The lowest BCUT2D eigenvalue weighted by molar-refractivity contribution is 0.122. The van der Waals surface area contributed by atoms with Crippen LogP contribution in [0.4, 0.5) is 0 Å². The first-order valence-corrected chi connectivity index (χ1v) is 6.25. The van der Waals surface area contributed by atoms with Gasteiger partial charge in [0.1, 0.15) is 0 Å². The Balaban J connectivity index is 1.78. The molecular weight excluding hydrogens is 188 g/mol. The molecule has 3 heteroatoms. The van der Waals surface area contributed by atoms with E-state index in [0.29, 0.717) is 11.8 Å². The molecule has 1 saturated carbocycles. The fourth-order valence-electron chi connectivity index (χ4n) is 3.33. The first kappa shape index (κ1) is 11.4. The molecule has 0 aromatic rings. The van der Waals surface area contributed by atoms with Gasteiger partial charge in [-0.3, -0.25) is 0 Å². The highest BCUT2D eigenvalue weighted by molar-refractivity contribution is 4.93. The van der Waals surface area contributed by atoms with E-state index < -0.39 is 0 Å². The molecule has 15 heavy (non-hydrogen) atoms. The lowest BCUT2D eigenvalue weighted by atomic mass is 10.00. The lowest BCUT2D eigenvalue weighted by Crippen LogP contribution is -2.32. The molecule has 0 aromatic carbocycles. The highest BCUT2D eigenvalue weighted by atomic mass is 16.3. The molecule has 1 aliphatic carbocycles. The zero-order chi connectivity index (χ0) is 10.8. The maximum absolute atomic E-state index is 9.82. The number of hydrogen-bond acceptors (Lipinski definition) is 3. The molecular formula is C12H24N2O. The number of aliphatic hydroxyl groups is 1. The second-order valence-corrected chi connectivity index (χ2v) is 5.45. The van der Waals surface area contributed by atoms with Crippen LogP contribution in [0.3, 0.4) is 0 Å². The zero-order valence-electron chi connectivity index (χ0n) is 9.95. The van der Waals surface area contributed by atoms with E-state index in [4.69, 9.17) is 0 Å². The Bertz CT molecular complexity index is 210. The lowest BCUT2D eigenvalue weighted by Gasteiger charge is -2.21. The Hall–Kier alpha value is -0.120. The van der Waals surface area contributed by atoms with E-state index in [0.717, 1.165) is 25.4 Å². The van der Waals surface area contributed by atoms with Crippen molar-refractivity contribution in [2.75, 3.05) is 33.2 Å². The minimum absolute atomic E-state index is 0.0143. The minimum atomic E-state index is -0.0143. The van der Waals surface area contributed by atoms with E-state index in [2.05, 4.69) is 17.1 Å². The van der Waals surface area contributed by atoms with Crippen LogP contribution in [0.1, 0.15) is 19.8 Å². The fraction of sp³-hybridized carbons (Fsp3) is 1.00. The third-order valence-corrected chi connectivity index (χ3v) is 4.02. The molecule has 0 spiro atoms. The van der Waals surface area contributed by atoms with Gasteiger partial charge in [0.15, 0.2) is 0 Å². The number of nitrogens with zero attached hydrogens (tertiary/aromatic N) is 1. The summed E-state index contributed by atoms with van der Waals surface area (Å²) in [5.41, 5.74) is 0. The third-order valence-electron chi connectivity index (χ3n) is 4.02. The highest BCUT2D eigenvalue weighted by Crippen LogP contribution is 2.38. The summed E-state index contributed by atoms with van der Waals surface area (Å²) in [5, 5.41) is 13.0. The van der Waals surface area contributed by atoms with Crippen LogP contribution in [0, 0.1) is 17.8 Å². The van der Waals surface area contributed by atoms with Crippen LogP contribution >= 0.6 is 0 Å². The third kappa shape index (κ3) is 2.52. The van der Waals surface area contributed by atoms with Gasteiger partial charge in [0.05, 0.1) is 6.10 Å². The molecule has 2 aliphatic rings. The van der Waals surface area contributed by atoms with Crippen LogP contribution in [0.25, 0.3) is 0 Å². The van der Waals surface area contributed by atoms with Crippen LogP contribution < -0.4 is 5.32 Å². The van der Waals surface area contributed by atoms with Crippen LogP contribution in [-0.4, -0.2) is 49.3 Å². The van der Waals surface area contributed by atoms with Crippen molar-refractivity contribution >= 4 is 0 Å². The average molecular weight is 212 g/mol. The van der Waals surface area contributed by atoms with Gasteiger partial charge in [0.25, 0.3) is 0 Å². The maximum Gasteiger partial charge on any atom is 0.0583 e. The monoisotopic (exact) mass is 212 g/mol. The SMILES string of the molecule is CNCC(C)CN1CC2CCC(O)C2C1. The molecule has 2 rings (SSSR count).